The fraction of sp³-hybridized carbons (Fsp3) is 0.619. The van der Waals surface area contributed by atoms with E-state index in [2.05, 4.69) is 24.1 Å². The van der Waals surface area contributed by atoms with Gasteiger partial charge >= 0.3 is 0 Å². The quantitative estimate of drug-likeness (QED) is 0.891. The van der Waals surface area contributed by atoms with Gasteiger partial charge in [-0.2, -0.15) is 0 Å². The van der Waals surface area contributed by atoms with Gasteiger partial charge in [0.05, 0.1) is 26.1 Å². The van der Waals surface area contributed by atoms with Crippen LogP contribution in [0.25, 0.3) is 0 Å². The largest absolute Gasteiger partial charge is 0.504 e. The standard InChI is InChI=1S/C21H29NO4/c1-5-26-17-13-21-12-14(24-3)8-9-20(21,10-11-22(21)2)18-15(17)6-7-16(25-4)19(18)23/h6-8,17,23H,5,9-13H2,1-4H3/t17-,20+,21-/m0/s1. The Kier molecular flexibility index (Phi) is 4.20. The summed E-state index contributed by atoms with van der Waals surface area (Å²) in [5, 5.41) is 11.2. The molecule has 4 rings (SSSR count). The van der Waals surface area contributed by atoms with E-state index in [0.29, 0.717) is 12.4 Å². The molecule has 1 aromatic rings. The highest BCUT2D eigenvalue weighted by atomic mass is 16.5. The van der Waals surface area contributed by atoms with Crippen LogP contribution >= 0.6 is 0 Å². The second kappa shape index (κ2) is 6.17. The molecule has 1 fully saturated rings. The third-order valence-corrected chi connectivity index (χ3v) is 7.01. The molecule has 1 N–H and O–H groups in total. The maximum absolute atomic E-state index is 11.2. The molecule has 0 aromatic heterocycles. The fourth-order valence-corrected chi connectivity index (χ4v) is 5.74. The van der Waals surface area contributed by atoms with Crippen LogP contribution in [0.4, 0.5) is 0 Å². The molecule has 1 saturated heterocycles. The molecule has 3 aliphatic rings. The van der Waals surface area contributed by atoms with Crippen molar-refractivity contribution in [3.05, 3.63) is 35.1 Å². The van der Waals surface area contributed by atoms with Gasteiger partial charge < -0.3 is 19.3 Å². The molecule has 2 aliphatic carbocycles. The van der Waals surface area contributed by atoms with E-state index < -0.39 is 0 Å². The van der Waals surface area contributed by atoms with Crippen LogP contribution in [0.15, 0.2) is 24.0 Å². The number of hydrogen-bond donors (Lipinski definition) is 1. The molecule has 5 nitrogen and oxygen atoms in total. The van der Waals surface area contributed by atoms with E-state index in [1.54, 1.807) is 14.2 Å². The molecule has 1 aliphatic heterocycles. The second-order valence-corrected chi connectivity index (χ2v) is 7.77. The van der Waals surface area contributed by atoms with Gasteiger partial charge in [0.2, 0.25) is 0 Å². The molecule has 0 spiro atoms. The Morgan fingerprint density at radius 2 is 2.08 bits per heavy atom. The summed E-state index contributed by atoms with van der Waals surface area (Å²) in [5.41, 5.74) is 1.90. The van der Waals surface area contributed by atoms with Crippen molar-refractivity contribution in [1.29, 1.82) is 0 Å². The van der Waals surface area contributed by atoms with Gasteiger partial charge in [-0.25, -0.2) is 0 Å². The van der Waals surface area contributed by atoms with Crippen molar-refractivity contribution in [3.8, 4) is 11.5 Å². The molecule has 0 amide bonds. The Morgan fingerprint density at radius 3 is 2.77 bits per heavy atom. The zero-order chi connectivity index (χ0) is 18.5. The molecule has 0 saturated carbocycles. The van der Waals surface area contributed by atoms with Crippen LogP contribution in [0.5, 0.6) is 11.5 Å². The smallest absolute Gasteiger partial charge is 0.161 e. The number of fused-ring (bicyclic) bond motifs is 1. The van der Waals surface area contributed by atoms with Crippen LogP contribution in [0.1, 0.15) is 49.8 Å². The molecule has 142 valence electrons. The van der Waals surface area contributed by atoms with E-state index in [1.807, 2.05) is 13.0 Å². The minimum Gasteiger partial charge on any atom is -0.504 e. The van der Waals surface area contributed by atoms with E-state index in [-0.39, 0.29) is 22.8 Å². The van der Waals surface area contributed by atoms with Gasteiger partial charge in [0, 0.05) is 29.5 Å². The van der Waals surface area contributed by atoms with E-state index in [4.69, 9.17) is 14.2 Å². The van der Waals surface area contributed by atoms with Gasteiger partial charge in [-0.05, 0) is 57.5 Å². The second-order valence-electron chi connectivity index (χ2n) is 7.77. The predicted molar refractivity (Wildman–Crippen MR) is 99.6 cm³/mol. The van der Waals surface area contributed by atoms with E-state index in [9.17, 15) is 5.11 Å². The highest BCUT2D eigenvalue weighted by Crippen LogP contribution is 2.65. The third kappa shape index (κ3) is 2.10. The number of ether oxygens (including phenoxy) is 3. The van der Waals surface area contributed by atoms with E-state index in [0.717, 1.165) is 49.1 Å². The fourth-order valence-electron chi connectivity index (χ4n) is 5.74. The maximum atomic E-state index is 11.2. The molecule has 1 aromatic carbocycles. The predicted octanol–water partition coefficient (Wildman–Crippen LogP) is 3.52. The number of likely N-dealkylation sites (tertiary alicyclic amines) is 1. The van der Waals surface area contributed by atoms with Gasteiger partial charge in [0.15, 0.2) is 11.5 Å². The minimum absolute atomic E-state index is 0.0308. The van der Waals surface area contributed by atoms with Gasteiger partial charge in [0.25, 0.3) is 0 Å². The van der Waals surface area contributed by atoms with Crippen molar-refractivity contribution in [1.82, 2.24) is 4.90 Å². The van der Waals surface area contributed by atoms with Gasteiger partial charge in [-0.1, -0.05) is 6.07 Å². The molecule has 26 heavy (non-hydrogen) atoms. The summed E-state index contributed by atoms with van der Waals surface area (Å²) in [6.45, 7) is 3.68. The summed E-state index contributed by atoms with van der Waals surface area (Å²) in [6, 6.07) is 3.95. The monoisotopic (exact) mass is 359 g/mol. The number of nitrogens with zero attached hydrogens (tertiary/aromatic N) is 1. The Labute approximate surface area is 155 Å². The molecular formula is C21H29NO4. The lowest BCUT2D eigenvalue weighted by Crippen LogP contribution is -2.60. The van der Waals surface area contributed by atoms with Gasteiger partial charge in [-0.3, -0.25) is 4.90 Å². The lowest BCUT2D eigenvalue weighted by molar-refractivity contribution is -0.0343. The molecule has 5 heteroatoms. The van der Waals surface area contributed by atoms with Crippen molar-refractivity contribution in [2.75, 3.05) is 34.4 Å². The first kappa shape index (κ1) is 17.7. The summed E-state index contributed by atoms with van der Waals surface area (Å²) in [5.74, 6) is 1.86. The first-order valence-electron chi connectivity index (χ1n) is 9.49. The van der Waals surface area contributed by atoms with Crippen molar-refractivity contribution in [3.63, 3.8) is 0 Å². The van der Waals surface area contributed by atoms with Crippen LogP contribution in [-0.2, 0) is 14.9 Å². The molecule has 0 unspecified atom stereocenters. The Balaban J connectivity index is 1.98. The first-order valence-corrected chi connectivity index (χ1v) is 9.49. The normalized spacial score (nSPS) is 33.1. The van der Waals surface area contributed by atoms with Crippen LogP contribution in [-0.4, -0.2) is 50.0 Å². The number of aromatic hydroxyl groups is 1. The minimum atomic E-state index is -0.134. The number of allylic oxidation sites excluding steroid dienone is 1. The van der Waals surface area contributed by atoms with Crippen LogP contribution in [0, 0.1) is 0 Å². The summed E-state index contributed by atoms with van der Waals surface area (Å²) in [7, 11) is 5.56. The van der Waals surface area contributed by atoms with E-state index >= 15 is 0 Å². The lowest BCUT2D eigenvalue weighted by Gasteiger charge is -2.56. The average molecular weight is 359 g/mol. The summed E-state index contributed by atoms with van der Waals surface area (Å²) < 4.78 is 17.3. The molecular weight excluding hydrogens is 330 g/mol. The lowest BCUT2D eigenvalue weighted by atomic mass is 9.53. The highest BCUT2D eigenvalue weighted by molar-refractivity contribution is 5.59. The molecule has 3 atom stereocenters. The summed E-state index contributed by atoms with van der Waals surface area (Å²) >= 11 is 0. The van der Waals surface area contributed by atoms with Crippen molar-refractivity contribution < 1.29 is 19.3 Å². The number of hydrogen-bond acceptors (Lipinski definition) is 5. The summed E-state index contributed by atoms with van der Waals surface area (Å²) in [4.78, 5) is 2.47. The molecule has 0 bridgehead atoms. The van der Waals surface area contributed by atoms with Crippen molar-refractivity contribution >= 4 is 0 Å². The zero-order valence-corrected chi connectivity index (χ0v) is 16.2. The SMILES string of the molecule is CCO[C@H]1C[C@@]23CC(OC)=CC[C@@]2(CCN3C)c2c1ccc(OC)c2O. The number of phenolic OH excluding ortho intramolecular Hbond substituents is 1. The number of phenols is 1. The number of benzene rings is 1. The molecule has 0 radical (unpaired) electrons. The molecule has 1 heterocycles. The van der Waals surface area contributed by atoms with Gasteiger partial charge in [0.1, 0.15) is 0 Å². The number of methoxy groups -OCH3 is 2. The van der Waals surface area contributed by atoms with Crippen molar-refractivity contribution in [2.24, 2.45) is 0 Å². The number of rotatable bonds is 4. The van der Waals surface area contributed by atoms with Gasteiger partial charge in [-0.15, -0.1) is 0 Å². The Hall–Kier alpha value is -1.72. The average Bonchev–Trinajstić information content (AvgIpc) is 2.95. The van der Waals surface area contributed by atoms with E-state index in [1.165, 1.54) is 0 Å². The van der Waals surface area contributed by atoms with Crippen LogP contribution in [0.2, 0.25) is 0 Å². The van der Waals surface area contributed by atoms with Crippen molar-refractivity contribution in [2.45, 2.75) is 49.7 Å². The third-order valence-electron chi connectivity index (χ3n) is 7.01. The number of likely N-dealkylation sites (N-methyl/N-ethyl adjacent to an activating group) is 1. The maximum Gasteiger partial charge on any atom is 0.161 e. The Morgan fingerprint density at radius 1 is 1.27 bits per heavy atom. The zero-order valence-electron chi connectivity index (χ0n) is 16.2. The topological polar surface area (TPSA) is 51.2 Å². The Bertz CT molecular complexity index is 746. The summed E-state index contributed by atoms with van der Waals surface area (Å²) in [6.07, 6.45) is 5.82. The van der Waals surface area contributed by atoms with Crippen LogP contribution in [0.3, 0.4) is 0 Å². The first-order chi connectivity index (χ1) is 12.5. The van der Waals surface area contributed by atoms with Crippen LogP contribution < -0.4 is 4.74 Å². The highest BCUT2D eigenvalue weighted by Gasteiger charge is 2.64.